The van der Waals surface area contributed by atoms with Crippen LogP contribution in [0.3, 0.4) is 0 Å². The lowest BCUT2D eigenvalue weighted by Gasteiger charge is -2.23. The summed E-state index contributed by atoms with van der Waals surface area (Å²) in [5, 5.41) is 3.33. The molecule has 4 heteroatoms. The zero-order valence-electron chi connectivity index (χ0n) is 12.9. The Morgan fingerprint density at radius 3 is 2.81 bits per heavy atom. The Kier molecular flexibility index (Phi) is 5.28. The third kappa shape index (κ3) is 4.26. The van der Waals surface area contributed by atoms with Crippen LogP contribution in [0.2, 0.25) is 0 Å². The molecule has 0 unspecified atom stereocenters. The molecule has 2 aromatic rings. The second kappa shape index (κ2) is 7.18. The van der Waals surface area contributed by atoms with Crippen LogP contribution in [0.1, 0.15) is 23.7 Å². The third-order valence-corrected chi connectivity index (χ3v) is 3.38. The minimum Gasteiger partial charge on any atom is -0.370 e. The number of hydrogen-bond acceptors (Lipinski definition) is 3. The molecule has 0 aliphatic rings. The fraction of sp³-hybridized carbons (Fsp3) is 0.353. The van der Waals surface area contributed by atoms with Crippen molar-refractivity contribution in [2.75, 3.05) is 18.5 Å². The molecule has 0 spiro atoms. The van der Waals surface area contributed by atoms with Crippen LogP contribution in [0.4, 0.5) is 10.1 Å². The molecule has 2 rings (SSSR count). The van der Waals surface area contributed by atoms with Crippen LogP contribution in [0.25, 0.3) is 0 Å². The Morgan fingerprint density at radius 1 is 1.29 bits per heavy atom. The van der Waals surface area contributed by atoms with Gasteiger partial charge in [-0.1, -0.05) is 19.1 Å². The van der Waals surface area contributed by atoms with E-state index in [1.54, 1.807) is 12.1 Å². The molecule has 0 atom stereocenters. The number of anilines is 1. The smallest absolute Gasteiger partial charge is 0.123 e. The summed E-state index contributed by atoms with van der Waals surface area (Å²) >= 11 is 0. The molecule has 0 aliphatic heterocycles. The normalized spacial score (nSPS) is 10.7. The standard InChI is InChI=1S/C17H22FN3/c1-4-19-10-15-11-20-13(2)8-17(15)21(3)12-14-6-5-7-16(18)9-14/h5-9,11,19H,4,10,12H2,1-3H3. The third-order valence-electron chi connectivity index (χ3n) is 3.38. The van der Waals surface area contributed by atoms with E-state index in [4.69, 9.17) is 0 Å². The number of halogens is 1. The second-order valence-corrected chi connectivity index (χ2v) is 5.22. The second-order valence-electron chi connectivity index (χ2n) is 5.22. The molecule has 1 aromatic carbocycles. The van der Waals surface area contributed by atoms with E-state index in [1.165, 1.54) is 6.07 Å². The summed E-state index contributed by atoms with van der Waals surface area (Å²) in [5.74, 6) is -0.195. The van der Waals surface area contributed by atoms with E-state index in [0.29, 0.717) is 6.54 Å². The van der Waals surface area contributed by atoms with Crippen molar-refractivity contribution in [3.8, 4) is 0 Å². The lowest BCUT2D eigenvalue weighted by molar-refractivity contribution is 0.625. The first kappa shape index (κ1) is 15.4. The molecular weight excluding hydrogens is 265 g/mol. The number of aromatic nitrogens is 1. The van der Waals surface area contributed by atoms with Gasteiger partial charge in [0.25, 0.3) is 0 Å². The van der Waals surface area contributed by atoms with E-state index in [0.717, 1.165) is 35.6 Å². The van der Waals surface area contributed by atoms with Crippen molar-refractivity contribution in [2.24, 2.45) is 0 Å². The van der Waals surface area contributed by atoms with Crippen molar-refractivity contribution in [3.05, 3.63) is 59.2 Å². The van der Waals surface area contributed by atoms with E-state index in [1.807, 2.05) is 26.2 Å². The van der Waals surface area contributed by atoms with Gasteiger partial charge in [0.15, 0.2) is 0 Å². The summed E-state index contributed by atoms with van der Waals surface area (Å²) < 4.78 is 13.3. The highest BCUT2D eigenvalue weighted by Crippen LogP contribution is 2.21. The average Bonchev–Trinajstić information content (AvgIpc) is 2.46. The summed E-state index contributed by atoms with van der Waals surface area (Å²) in [6.45, 7) is 6.43. The molecule has 112 valence electrons. The molecule has 1 aromatic heterocycles. The fourth-order valence-electron chi connectivity index (χ4n) is 2.32. The van der Waals surface area contributed by atoms with Gasteiger partial charge in [-0.2, -0.15) is 0 Å². The van der Waals surface area contributed by atoms with Crippen molar-refractivity contribution in [2.45, 2.75) is 26.9 Å². The van der Waals surface area contributed by atoms with E-state index in [-0.39, 0.29) is 5.82 Å². The topological polar surface area (TPSA) is 28.2 Å². The van der Waals surface area contributed by atoms with Crippen molar-refractivity contribution in [1.82, 2.24) is 10.3 Å². The number of hydrogen-bond donors (Lipinski definition) is 1. The summed E-state index contributed by atoms with van der Waals surface area (Å²) in [7, 11) is 2.02. The molecule has 1 N–H and O–H groups in total. The van der Waals surface area contributed by atoms with Gasteiger partial charge in [0.05, 0.1) is 0 Å². The van der Waals surface area contributed by atoms with Gasteiger partial charge in [-0.3, -0.25) is 4.98 Å². The van der Waals surface area contributed by atoms with Crippen LogP contribution in [0, 0.1) is 12.7 Å². The van der Waals surface area contributed by atoms with E-state index >= 15 is 0 Å². The Hall–Kier alpha value is -1.94. The molecule has 0 fully saturated rings. The van der Waals surface area contributed by atoms with Crippen LogP contribution >= 0.6 is 0 Å². The molecule has 1 heterocycles. The van der Waals surface area contributed by atoms with Gasteiger partial charge in [-0.05, 0) is 37.2 Å². The lowest BCUT2D eigenvalue weighted by atomic mass is 10.1. The van der Waals surface area contributed by atoms with Gasteiger partial charge in [0, 0.05) is 43.3 Å². The van der Waals surface area contributed by atoms with Crippen LogP contribution in [0.5, 0.6) is 0 Å². The SMILES string of the molecule is CCNCc1cnc(C)cc1N(C)Cc1cccc(F)c1. The summed E-state index contributed by atoms with van der Waals surface area (Å²) in [5.41, 5.74) is 4.23. The number of nitrogens with zero attached hydrogens (tertiary/aromatic N) is 2. The number of rotatable bonds is 6. The van der Waals surface area contributed by atoms with Crippen LogP contribution in [-0.4, -0.2) is 18.6 Å². The maximum Gasteiger partial charge on any atom is 0.123 e. The Labute approximate surface area is 125 Å². The highest BCUT2D eigenvalue weighted by Gasteiger charge is 2.09. The minimum atomic E-state index is -0.195. The van der Waals surface area contributed by atoms with Crippen molar-refractivity contribution < 1.29 is 4.39 Å². The van der Waals surface area contributed by atoms with Gasteiger partial charge in [0.2, 0.25) is 0 Å². The molecule has 0 radical (unpaired) electrons. The van der Waals surface area contributed by atoms with Gasteiger partial charge in [-0.15, -0.1) is 0 Å². The van der Waals surface area contributed by atoms with Crippen molar-refractivity contribution in [1.29, 1.82) is 0 Å². The number of aryl methyl sites for hydroxylation is 1. The largest absolute Gasteiger partial charge is 0.370 e. The summed E-state index contributed by atoms with van der Waals surface area (Å²) in [4.78, 5) is 6.50. The van der Waals surface area contributed by atoms with Crippen LogP contribution < -0.4 is 10.2 Å². The monoisotopic (exact) mass is 287 g/mol. The van der Waals surface area contributed by atoms with E-state index < -0.39 is 0 Å². The average molecular weight is 287 g/mol. The Morgan fingerprint density at radius 2 is 2.10 bits per heavy atom. The van der Waals surface area contributed by atoms with Crippen LogP contribution in [0.15, 0.2) is 36.5 Å². The van der Waals surface area contributed by atoms with Crippen molar-refractivity contribution in [3.63, 3.8) is 0 Å². The maximum absolute atomic E-state index is 13.3. The molecule has 0 saturated heterocycles. The van der Waals surface area contributed by atoms with Crippen LogP contribution in [-0.2, 0) is 13.1 Å². The molecule has 0 amide bonds. The zero-order chi connectivity index (χ0) is 15.2. The molecule has 0 aliphatic carbocycles. The van der Waals surface area contributed by atoms with Gasteiger partial charge < -0.3 is 10.2 Å². The van der Waals surface area contributed by atoms with Gasteiger partial charge in [-0.25, -0.2) is 4.39 Å². The van der Waals surface area contributed by atoms with E-state index in [9.17, 15) is 4.39 Å². The highest BCUT2D eigenvalue weighted by atomic mass is 19.1. The fourth-order valence-corrected chi connectivity index (χ4v) is 2.32. The summed E-state index contributed by atoms with van der Waals surface area (Å²) in [6, 6.07) is 8.81. The van der Waals surface area contributed by atoms with E-state index in [2.05, 4.69) is 28.2 Å². The Balaban J connectivity index is 2.20. The van der Waals surface area contributed by atoms with Crippen molar-refractivity contribution >= 4 is 5.69 Å². The number of pyridine rings is 1. The number of benzene rings is 1. The highest BCUT2D eigenvalue weighted by molar-refractivity contribution is 5.53. The summed E-state index contributed by atoms with van der Waals surface area (Å²) in [6.07, 6.45) is 1.91. The van der Waals surface area contributed by atoms with Gasteiger partial charge >= 0.3 is 0 Å². The first-order valence-electron chi connectivity index (χ1n) is 7.22. The lowest BCUT2D eigenvalue weighted by Crippen LogP contribution is -2.21. The molecule has 3 nitrogen and oxygen atoms in total. The zero-order valence-corrected chi connectivity index (χ0v) is 12.9. The first-order valence-corrected chi connectivity index (χ1v) is 7.22. The quantitative estimate of drug-likeness (QED) is 0.884. The number of nitrogens with one attached hydrogen (secondary N) is 1. The predicted octanol–water partition coefficient (Wildman–Crippen LogP) is 3.28. The first-order chi connectivity index (χ1) is 10.1. The maximum atomic E-state index is 13.3. The Bertz CT molecular complexity index is 598. The molecule has 21 heavy (non-hydrogen) atoms. The molecular formula is C17H22FN3. The predicted molar refractivity (Wildman–Crippen MR) is 84.9 cm³/mol. The minimum absolute atomic E-state index is 0.195. The molecule has 0 bridgehead atoms. The molecule has 0 saturated carbocycles. The van der Waals surface area contributed by atoms with Gasteiger partial charge in [0.1, 0.15) is 5.82 Å².